The first-order chi connectivity index (χ1) is 11.6. The van der Waals surface area contributed by atoms with Gasteiger partial charge in [0, 0.05) is 24.0 Å². The molecule has 1 fully saturated rings. The number of aromatic carboxylic acids is 1. The van der Waals surface area contributed by atoms with Gasteiger partial charge in [-0.2, -0.15) is 0 Å². The molecule has 1 aliphatic rings. The molecule has 1 aromatic carbocycles. The second kappa shape index (κ2) is 7.47. The van der Waals surface area contributed by atoms with E-state index in [9.17, 15) is 9.90 Å². The Balaban J connectivity index is 1.82. The molecule has 2 heterocycles. The maximum absolute atomic E-state index is 11.2. The molecule has 0 spiro atoms. The highest BCUT2D eigenvalue weighted by molar-refractivity contribution is 7.14. The predicted octanol–water partition coefficient (Wildman–Crippen LogP) is 4.07. The lowest BCUT2D eigenvalue weighted by Gasteiger charge is -2.32. The van der Waals surface area contributed by atoms with Crippen LogP contribution in [0, 0.1) is 0 Å². The van der Waals surface area contributed by atoms with Crippen molar-refractivity contribution in [2.24, 2.45) is 0 Å². The monoisotopic (exact) mass is 345 g/mol. The number of thiophene rings is 1. The fourth-order valence-corrected chi connectivity index (χ4v) is 4.12. The van der Waals surface area contributed by atoms with Gasteiger partial charge in [0.25, 0.3) is 0 Å². The topological polar surface area (TPSA) is 49.8 Å². The summed E-state index contributed by atoms with van der Waals surface area (Å²) >= 11 is 1.37. The van der Waals surface area contributed by atoms with E-state index in [0.717, 1.165) is 48.7 Å². The quantitative estimate of drug-likeness (QED) is 0.887. The summed E-state index contributed by atoms with van der Waals surface area (Å²) in [4.78, 5) is 15.2. The average Bonchev–Trinajstić information content (AvgIpc) is 3.07. The zero-order chi connectivity index (χ0) is 17.1. The molecule has 0 unspecified atom stereocenters. The number of carboxylic acids is 1. The van der Waals surface area contributed by atoms with E-state index in [-0.39, 0.29) is 0 Å². The fourth-order valence-electron chi connectivity index (χ4n) is 3.16. The van der Waals surface area contributed by atoms with Crippen LogP contribution in [-0.4, -0.2) is 42.3 Å². The van der Waals surface area contributed by atoms with Crippen molar-refractivity contribution in [2.75, 3.05) is 26.3 Å². The largest absolute Gasteiger partial charge is 0.477 e. The highest BCUT2D eigenvalue weighted by Gasteiger charge is 2.19. The van der Waals surface area contributed by atoms with Crippen molar-refractivity contribution in [2.45, 2.75) is 26.3 Å². The number of nitrogens with zero attached hydrogens (tertiary/aromatic N) is 1. The van der Waals surface area contributed by atoms with E-state index in [0.29, 0.717) is 10.9 Å². The molecule has 1 atom stereocenters. The Kier molecular flexibility index (Phi) is 5.33. The van der Waals surface area contributed by atoms with E-state index in [1.54, 1.807) is 6.07 Å². The van der Waals surface area contributed by atoms with Gasteiger partial charge in [0.1, 0.15) is 4.88 Å². The van der Waals surface area contributed by atoms with Gasteiger partial charge in [-0.05, 0) is 36.1 Å². The molecule has 3 rings (SSSR count). The highest BCUT2D eigenvalue weighted by atomic mass is 32.1. The van der Waals surface area contributed by atoms with Crippen molar-refractivity contribution in [3.8, 4) is 11.1 Å². The SMILES string of the molecule is CCc1sc(C(=O)O)cc1-c1ccc([C@H](C)N2CCOCC2)cc1. The normalized spacial score (nSPS) is 16.9. The van der Waals surface area contributed by atoms with Gasteiger partial charge >= 0.3 is 5.97 Å². The maximum atomic E-state index is 11.2. The number of hydrogen-bond acceptors (Lipinski definition) is 4. The van der Waals surface area contributed by atoms with Gasteiger partial charge in [0.05, 0.1) is 13.2 Å². The number of aryl methyl sites for hydroxylation is 1. The lowest BCUT2D eigenvalue weighted by molar-refractivity contribution is 0.0198. The van der Waals surface area contributed by atoms with E-state index in [2.05, 4.69) is 43.0 Å². The Hall–Kier alpha value is -1.69. The first-order valence-electron chi connectivity index (χ1n) is 8.38. The first-order valence-corrected chi connectivity index (χ1v) is 9.20. The number of benzene rings is 1. The molecule has 1 aliphatic heterocycles. The maximum Gasteiger partial charge on any atom is 0.345 e. The van der Waals surface area contributed by atoms with Crippen LogP contribution in [0.15, 0.2) is 30.3 Å². The van der Waals surface area contributed by atoms with Gasteiger partial charge in [0.15, 0.2) is 0 Å². The van der Waals surface area contributed by atoms with E-state index < -0.39 is 5.97 Å². The predicted molar refractivity (Wildman–Crippen MR) is 96.9 cm³/mol. The van der Waals surface area contributed by atoms with Crippen molar-refractivity contribution in [3.05, 3.63) is 45.6 Å². The zero-order valence-electron chi connectivity index (χ0n) is 14.1. The standard InChI is InChI=1S/C19H23NO3S/c1-3-17-16(12-18(24-17)19(21)22)15-6-4-14(5-7-15)13(2)20-8-10-23-11-9-20/h4-7,12-13H,3,8-11H2,1-2H3,(H,21,22)/t13-/m0/s1. The fraction of sp³-hybridized carbons (Fsp3) is 0.421. The van der Waals surface area contributed by atoms with Gasteiger partial charge in [0.2, 0.25) is 0 Å². The van der Waals surface area contributed by atoms with Crippen molar-refractivity contribution >= 4 is 17.3 Å². The van der Waals surface area contributed by atoms with Crippen LogP contribution in [0.2, 0.25) is 0 Å². The molecule has 0 bridgehead atoms. The molecule has 4 nitrogen and oxygen atoms in total. The molecule has 0 radical (unpaired) electrons. The summed E-state index contributed by atoms with van der Waals surface area (Å²) < 4.78 is 5.42. The van der Waals surface area contributed by atoms with Crippen LogP contribution in [0.25, 0.3) is 11.1 Å². The summed E-state index contributed by atoms with van der Waals surface area (Å²) in [7, 11) is 0. The smallest absolute Gasteiger partial charge is 0.345 e. The summed E-state index contributed by atoms with van der Waals surface area (Å²) in [6, 6.07) is 10.7. The first kappa shape index (κ1) is 17.1. The van der Waals surface area contributed by atoms with Crippen LogP contribution in [-0.2, 0) is 11.2 Å². The number of ether oxygens (including phenoxy) is 1. The molecular formula is C19H23NO3S. The Bertz CT molecular complexity index is 702. The molecule has 0 amide bonds. The molecule has 0 aliphatic carbocycles. The van der Waals surface area contributed by atoms with Crippen LogP contribution in [0.3, 0.4) is 0 Å². The summed E-state index contributed by atoms with van der Waals surface area (Å²) in [6.45, 7) is 7.83. The molecule has 1 aromatic heterocycles. The minimum Gasteiger partial charge on any atom is -0.477 e. The minimum atomic E-state index is -0.849. The van der Waals surface area contributed by atoms with E-state index in [4.69, 9.17) is 4.74 Å². The van der Waals surface area contributed by atoms with E-state index in [1.807, 2.05) is 0 Å². The van der Waals surface area contributed by atoms with E-state index in [1.165, 1.54) is 16.9 Å². The number of carbonyl (C=O) groups is 1. The van der Waals surface area contributed by atoms with Crippen molar-refractivity contribution < 1.29 is 14.6 Å². The molecular weight excluding hydrogens is 322 g/mol. The van der Waals surface area contributed by atoms with Gasteiger partial charge in [-0.1, -0.05) is 31.2 Å². The lowest BCUT2D eigenvalue weighted by atomic mass is 10.00. The summed E-state index contributed by atoms with van der Waals surface area (Å²) in [5, 5.41) is 9.22. The van der Waals surface area contributed by atoms with E-state index >= 15 is 0 Å². The van der Waals surface area contributed by atoms with Gasteiger partial charge < -0.3 is 9.84 Å². The Morgan fingerprint density at radius 2 is 1.96 bits per heavy atom. The Morgan fingerprint density at radius 1 is 1.29 bits per heavy atom. The molecule has 2 aromatic rings. The van der Waals surface area contributed by atoms with Crippen LogP contribution in [0.1, 0.15) is 40.0 Å². The van der Waals surface area contributed by atoms with Crippen LogP contribution in [0.4, 0.5) is 0 Å². The third-order valence-corrected chi connectivity index (χ3v) is 5.91. The van der Waals surface area contributed by atoms with Crippen molar-refractivity contribution in [1.82, 2.24) is 4.90 Å². The molecule has 5 heteroatoms. The summed E-state index contributed by atoms with van der Waals surface area (Å²) in [6.07, 6.45) is 0.846. The number of hydrogen-bond donors (Lipinski definition) is 1. The van der Waals surface area contributed by atoms with Gasteiger partial charge in [-0.15, -0.1) is 11.3 Å². The molecule has 1 saturated heterocycles. The molecule has 0 saturated carbocycles. The second-order valence-corrected chi connectivity index (χ2v) is 7.19. The molecule has 128 valence electrons. The number of rotatable bonds is 5. The van der Waals surface area contributed by atoms with Crippen LogP contribution in [0.5, 0.6) is 0 Å². The highest BCUT2D eigenvalue weighted by Crippen LogP contribution is 2.33. The molecule has 24 heavy (non-hydrogen) atoms. The third-order valence-electron chi connectivity index (χ3n) is 4.64. The van der Waals surface area contributed by atoms with Gasteiger partial charge in [-0.25, -0.2) is 4.79 Å². The van der Waals surface area contributed by atoms with Crippen molar-refractivity contribution in [3.63, 3.8) is 0 Å². The summed E-state index contributed by atoms with van der Waals surface area (Å²) in [5.74, 6) is -0.849. The Morgan fingerprint density at radius 3 is 2.54 bits per heavy atom. The zero-order valence-corrected chi connectivity index (χ0v) is 14.9. The number of carboxylic acid groups (broad SMARTS) is 1. The third kappa shape index (κ3) is 3.53. The summed E-state index contributed by atoms with van der Waals surface area (Å²) in [5.41, 5.74) is 3.42. The van der Waals surface area contributed by atoms with Crippen LogP contribution < -0.4 is 0 Å². The Labute approximate surface area is 146 Å². The van der Waals surface area contributed by atoms with Crippen LogP contribution >= 0.6 is 11.3 Å². The minimum absolute atomic E-state index is 0.366. The van der Waals surface area contributed by atoms with Gasteiger partial charge in [-0.3, -0.25) is 4.90 Å². The number of morpholine rings is 1. The van der Waals surface area contributed by atoms with Crippen molar-refractivity contribution in [1.29, 1.82) is 0 Å². The lowest BCUT2D eigenvalue weighted by Crippen LogP contribution is -2.37. The molecule has 1 N–H and O–H groups in total. The average molecular weight is 345 g/mol. The second-order valence-electron chi connectivity index (χ2n) is 6.05.